The van der Waals surface area contributed by atoms with E-state index < -0.39 is 0 Å². The highest BCUT2D eigenvalue weighted by Gasteiger charge is 2.24. The Hall–Kier alpha value is -0.620. The molecule has 0 saturated carbocycles. The van der Waals surface area contributed by atoms with Crippen LogP contribution >= 0.6 is 28.3 Å². The van der Waals surface area contributed by atoms with Crippen LogP contribution in [-0.2, 0) is 11.2 Å². The van der Waals surface area contributed by atoms with Crippen LogP contribution in [0.4, 0.5) is 0 Å². The van der Waals surface area contributed by atoms with E-state index in [1.54, 1.807) is 0 Å². The second kappa shape index (κ2) is 8.73. The number of hydrogen-bond donors (Lipinski definition) is 3. The first-order valence-electron chi connectivity index (χ1n) is 6.97. The minimum Gasteiger partial charge on any atom is -0.391 e. The van der Waals surface area contributed by atoms with E-state index in [4.69, 9.17) is 0 Å². The minimum atomic E-state index is -0.343. The summed E-state index contributed by atoms with van der Waals surface area (Å²) in [4.78, 5) is 11.8. The van der Waals surface area contributed by atoms with Crippen molar-refractivity contribution in [3.8, 4) is 0 Å². The number of aryl methyl sites for hydroxylation is 2. The van der Waals surface area contributed by atoms with Crippen molar-refractivity contribution in [1.82, 2.24) is 10.6 Å². The molecule has 1 aliphatic rings. The lowest BCUT2D eigenvalue weighted by Gasteiger charge is -2.14. The predicted octanol–water partition coefficient (Wildman–Crippen LogP) is 1.81. The molecule has 0 bridgehead atoms. The molecule has 2 rings (SSSR count). The zero-order valence-electron chi connectivity index (χ0n) is 12.1. The molecule has 1 aromatic rings. The normalized spacial score (nSPS) is 20.9. The van der Waals surface area contributed by atoms with Crippen molar-refractivity contribution in [2.24, 2.45) is 5.92 Å². The largest absolute Gasteiger partial charge is 0.391 e. The third-order valence-corrected chi connectivity index (χ3v) is 4.62. The van der Waals surface area contributed by atoms with E-state index in [-0.39, 0.29) is 30.3 Å². The molecule has 1 fully saturated rings. The zero-order valence-corrected chi connectivity index (χ0v) is 14.5. The van der Waals surface area contributed by atoms with Gasteiger partial charge in [0.05, 0.1) is 6.10 Å². The van der Waals surface area contributed by atoms with E-state index in [9.17, 15) is 9.90 Å². The third kappa shape index (κ3) is 5.58. The molecule has 4 nitrogen and oxygen atoms in total. The van der Waals surface area contributed by atoms with E-state index in [2.05, 4.69) is 32.6 Å². The van der Waals surface area contributed by atoms with Gasteiger partial charge in [-0.25, -0.2) is 0 Å². The van der Waals surface area contributed by atoms with Crippen molar-refractivity contribution in [3.05, 3.63) is 33.8 Å². The Bertz CT molecular complexity index is 485. The first-order valence-corrected chi connectivity index (χ1v) is 7.76. The highest BCUT2D eigenvalue weighted by molar-refractivity contribution is 9.10. The number of hydrogen-bond acceptors (Lipinski definition) is 3. The number of amides is 1. The van der Waals surface area contributed by atoms with Crippen LogP contribution in [-0.4, -0.2) is 36.8 Å². The average Bonchev–Trinajstić information content (AvgIpc) is 2.83. The molecule has 1 saturated heterocycles. The van der Waals surface area contributed by atoms with E-state index in [1.165, 1.54) is 11.1 Å². The molecule has 1 amide bonds. The monoisotopic (exact) mass is 376 g/mol. The molecule has 6 heteroatoms. The molecule has 2 unspecified atom stereocenters. The van der Waals surface area contributed by atoms with Gasteiger partial charge in [0.15, 0.2) is 0 Å². The predicted molar refractivity (Wildman–Crippen MR) is 89.8 cm³/mol. The lowest BCUT2D eigenvalue weighted by molar-refractivity contribution is -0.121. The Balaban J connectivity index is 0.00000220. The highest BCUT2D eigenvalue weighted by atomic mass is 79.9. The van der Waals surface area contributed by atoms with Crippen LogP contribution in [0.15, 0.2) is 22.7 Å². The SMILES string of the molecule is Cc1cc(CCC(=O)NCC2CNCC2O)ccc1Br.Cl. The molecular formula is C15H22BrClN2O2. The number of carbonyl (C=O) groups is 1. The van der Waals surface area contributed by atoms with Crippen LogP contribution in [0.2, 0.25) is 0 Å². The summed E-state index contributed by atoms with van der Waals surface area (Å²) in [7, 11) is 0. The second-order valence-electron chi connectivity index (χ2n) is 5.37. The molecular weight excluding hydrogens is 356 g/mol. The first-order chi connectivity index (χ1) is 9.56. The van der Waals surface area contributed by atoms with Crippen molar-refractivity contribution >= 4 is 34.2 Å². The number of nitrogens with one attached hydrogen (secondary N) is 2. The topological polar surface area (TPSA) is 61.4 Å². The molecule has 118 valence electrons. The third-order valence-electron chi connectivity index (χ3n) is 3.73. The lowest BCUT2D eigenvalue weighted by Crippen LogP contribution is -2.34. The van der Waals surface area contributed by atoms with Crippen LogP contribution in [0.5, 0.6) is 0 Å². The van der Waals surface area contributed by atoms with Crippen LogP contribution in [0, 0.1) is 12.8 Å². The Labute approximate surface area is 140 Å². The van der Waals surface area contributed by atoms with E-state index in [0.29, 0.717) is 19.5 Å². The number of carbonyl (C=O) groups excluding carboxylic acids is 1. The van der Waals surface area contributed by atoms with Gasteiger partial charge in [-0.05, 0) is 30.5 Å². The summed E-state index contributed by atoms with van der Waals surface area (Å²) in [5.41, 5.74) is 2.35. The summed E-state index contributed by atoms with van der Waals surface area (Å²) in [6.07, 6.45) is 0.882. The quantitative estimate of drug-likeness (QED) is 0.733. The summed E-state index contributed by atoms with van der Waals surface area (Å²) in [5.74, 6) is 0.179. The van der Waals surface area contributed by atoms with Gasteiger partial charge in [0.1, 0.15) is 0 Å². The Morgan fingerprint density at radius 3 is 2.86 bits per heavy atom. The minimum absolute atomic E-state index is 0. The fourth-order valence-corrected chi connectivity index (χ4v) is 2.63. The van der Waals surface area contributed by atoms with Crippen molar-refractivity contribution in [1.29, 1.82) is 0 Å². The zero-order chi connectivity index (χ0) is 14.5. The van der Waals surface area contributed by atoms with E-state index in [1.807, 2.05) is 19.1 Å². The first kappa shape index (κ1) is 18.4. The van der Waals surface area contributed by atoms with Gasteiger partial charge in [0.2, 0.25) is 5.91 Å². The molecule has 1 aromatic carbocycles. The van der Waals surface area contributed by atoms with Crippen LogP contribution < -0.4 is 10.6 Å². The molecule has 1 aliphatic heterocycles. The van der Waals surface area contributed by atoms with E-state index in [0.717, 1.165) is 17.4 Å². The van der Waals surface area contributed by atoms with Gasteiger partial charge in [-0.1, -0.05) is 28.1 Å². The Morgan fingerprint density at radius 1 is 1.48 bits per heavy atom. The molecule has 1 heterocycles. The molecule has 2 atom stereocenters. The number of aliphatic hydroxyl groups excluding tert-OH is 1. The van der Waals surface area contributed by atoms with Crippen molar-refractivity contribution in [3.63, 3.8) is 0 Å². The Kier molecular flexibility index (Phi) is 7.66. The average molecular weight is 378 g/mol. The van der Waals surface area contributed by atoms with Crippen LogP contribution in [0.1, 0.15) is 17.5 Å². The summed E-state index contributed by atoms with van der Waals surface area (Å²) >= 11 is 3.47. The van der Waals surface area contributed by atoms with Crippen LogP contribution in [0.25, 0.3) is 0 Å². The molecule has 0 aromatic heterocycles. The van der Waals surface area contributed by atoms with Gasteiger partial charge in [-0.2, -0.15) is 0 Å². The number of aliphatic hydroxyl groups is 1. The van der Waals surface area contributed by atoms with E-state index >= 15 is 0 Å². The molecule has 0 radical (unpaired) electrons. The van der Waals surface area contributed by atoms with Gasteiger partial charge in [0, 0.05) is 36.4 Å². The smallest absolute Gasteiger partial charge is 0.220 e. The molecule has 21 heavy (non-hydrogen) atoms. The second-order valence-corrected chi connectivity index (χ2v) is 6.23. The highest BCUT2D eigenvalue weighted by Crippen LogP contribution is 2.17. The number of β-amino-alcohol motifs (C(OH)–C–C–N with tert-alkyl or cyclic N) is 1. The maximum absolute atomic E-state index is 11.8. The van der Waals surface area contributed by atoms with Crippen molar-refractivity contribution in [2.75, 3.05) is 19.6 Å². The van der Waals surface area contributed by atoms with Gasteiger partial charge in [-0.15, -0.1) is 12.4 Å². The number of benzene rings is 1. The molecule has 0 spiro atoms. The van der Waals surface area contributed by atoms with Gasteiger partial charge < -0.3 is 15.7 Å². The summed E-state index contributed by atoms with van der Waals surface area (Å²) < 4.78 is 1.09. The standard InChI is InChI=1S/C15H21BrN2O2.ClH/c1-10-6-11(2-4-13(10)16)3-5-15(20)18-8-12-7-17-9-14(12)19;/h2,4,6,12,14,17,19H,3,5,7-9H2,1H3,(H,18,20);1H. The maximum atomic E-state index is 11.8. The van der Waals surface area contributed by atoms with Crippen molar-refractivity contribution in [2.45, 2.75) is 25.9 Å². The van der Waals surface area contributed by atoms with Crippen LogP contribution in [0.3, 0.4) is 0 Å². The number of halogens is 2. The fraction of sp³-hybridized carbons (Fsp3) is 0.533. The van der Waals surface area contributed by atoms with Gasteiger partial charge in [0.25, 0.3) is 0 Å². The summed E-state index contributed by atoms with van der Waals surface area (Å²) in [5, 5.41) is 15.7. The van der Waals surface area contributed by atoms with Crippen molar-refractivity contribution < 1.29 is 9.90 Å². The van der Waals surface area contributed by atoms with Gasteiger partial charge in [-0.3, -0.25) is 4.79 Å². The summed E-state index contributed by atoms with van der Waals surface area (Å²) in [6.45, 7) is 3.99. The lowest BCUT2D eigenvalue weighted by atomic mass is 10.1. The van der Waals surface area contributed by atoms with Gasteiger partial charge >= 0.3 is 0 Å². The number of rotatable bonds is 5. The fourth-order valence-electron chi connectivity index (χ4n) is 2.38. The molecule has 0 aliphatic carbocycles. The Morgan fingerprint density at radius 2 is 2.24 bits per heavy atom. The molecule has 3 N–H and O–H groups in total. The maximum Gasteiger partial charge on any atom is 0.220 e. The summed E-state index contributed by atoms with van der Waals surface area (Å²) in [6, 6.07) is 6.15.